The van der Waals surface area contributed by atoms with Gasteiger partial charge in [0.1, 0.15) is 0 Å². The Labute approximate surface area is 127 Å². The second-order valence-electron chi connectivity index (χ2n) is 4.22. The Kier molecular flexibility index (Phi) is 4.88. The molecule has 0 fully saturated rings. The SMILES string of the molecule is CC(=CC(=O)O)c1ccccc1Sc1ccc(Cl)cc1. The highest BCUT2D eigenvalue weighted by Gasteiger charge is 2.07. The van der Waals surface area contributed by atoms with Crippen LogP contribution in [0.15, 0.2) is 64.4 Å². The van der Waals surface area contributed by atoms with Crippen LogP contribution in [-0.2, 0) is 4.79 Å². The van der Waals surface area contributed by atoms with Gasteiger partial charge in [-0.3, -0.25) is 0 Å². The molecule has 0 amide bonds. The minimum absolute atomic E-state index is 0.699. The lowest BCUT2D eigenvalue weighted by atomic mass is 10.1. The van der Waals surface area contributed by atoms with E-state index in [0.717, 1.165) is 20.9 Å². The molecule has 2 aromatic carbocycles. The van der Waals surface area contributed by atoms with E-state index in [2.05, 4.69) is 0 Å². The number of hydrogen-bond donors (Lipinski definition) is 1. The van der Waals surface area contributed by atoms with Crippen molar-refractivity contribution < 1.29 is 9.90 Å². The van der Waals surface area contributed by atoms with Crippen LogP contribution < -0.4 is 0 Å². The van der Waals surface area contributed by atoms with E-state index in [1.165, 1.54) is 6.08 Å². The van der Waals surface area contributed by atoms with Gasteiger partial charge in [-0.05, 0) is 48.4 Å². The molecule has 4 heteroatoms. The zero-order chi connectivity index (χ0) is 14.5. The highest BCUT2D eigenvalue weighted by molar-refractivity contribution is 7.99. The second-order valence-corrected chi connectivity index (χ2v) is 5.77. The van der Waals surface area contributed by atoms with Crippen molar-refractivity contribution in [3.05, 3.63) is 65.2 Å². The summed E-state index contributed by atoms with van der Waals surface area (Å²) in [6.07, 6.45) is 1.22. The van der Waals surface area contributed by atoms with E-state index in [1.807, 2.05) is 48.5 Å². The van der Waals surface area contributed by atoms with E-state index in [-0.39, 0.29) is 0 Å². The number of benzene rings is 2. The highest BCUT2D eigenvalue weighted by Crippen LogP contribution is 2.34. The van der Waals surface area contributed by atoms with Crippen LogP contribution >= 0.6 is 23.4 Å². The topological polar surface area (TPSA) is 37.3 Å². The molecular formula is C16H13ClO2S. The van der Waals surface area contributed by atoms with Crippen LogP contribution in [-0.4, -0.2) is 11.1 Å². The molecule has 0 saturated heterocycles. The van der Waals surface area contributed by atoms with Crippen molar-refractivity contribution in [2.75, 3.05) is 0 Å². The molecule has 102 valence electrons. The second kappa shape index (κ2) is 6.64. The fourth-order valence-electron chi connectivity index (χ4n) is 1.77. The van der Waals surface area contributed by atoms with Gasteiger partial charge in [0.25, 0.3) is 0 Å². The Morgan fingerprint density at radius 3 is 2.45 bits per heavy atom. The normalized spacial score (nSPS) is 11.4. The molecule has 0 saturated carbocycles. The average molecular weight is 305 g/mol. The molecule has 0 aliphatic heterocycles. The molecule has 0 heterocycles. The molecule has 0 unspecified atom stereocenters. The first-order valence-corrected chi connectivity index (χ1v) is 7.20. The number of carboxylic acid groups (broad SMARTS) is 1. The lowest BCUT2D eigenvalue weighted by Gasteiger charge is -2.09. The van der Waals surface area contributed by atoms with Gasteiger partial charge in [0.2, 0.25) is 0 Å². The quantitative estimate of drug-likeness (QED) is 0.809. The highest BCUT2D eigenvalue weighted by atomic mass is 35.5. The fraction of sp³-hybridized carbons (Fsp3) is 0.0625. The summed E-state index contributed by atoms with van der Waals surface area (Å²) in [5.74, 6) is -0.936. The van der Waals surface area contributed by atoms with Crippen LogP contribution in [0.3, 0.4) is 0 Å². The van der Waals surface area contributed by atoms with Crippen molar-refractivity contribution in [2.24, 2.45) is 0 Å². The van der Waals surface area contributed by atoms with Crippen LogP contribution in [0.2, 0.25) is 5.02 Å². The van der Waals surface area contributed by atoms with E-state index in [0.29, 0.717) is 5.02 Å². The lowest BCUT2D eigenvalue weighted by Crippen LogP contribution is -1.91. The summed E-state index contributed by atoms with van der Waals surface area (Å²) in [4.78, 5) is 12.9. The maximum atomic E-state index is 10.8. The Bertz CT molecular complexity index is 648. The summed E-state index contributed by atoms with van der Waals surface area (Å²) in [7, 11) is 0. The monoisotopic (exact) mass is 304 g/mol. The number of allylic oxidation sites excluding steroid dienone is 1. The molecule has 0 aromatic heterocycles. The summed E-state index contributed by atoms with van der Waals surface area (Å²) in [5, 5.41) is 9.56. The van der Waals surface area contributed by atoms with Gasteiger partial charge in [-0.25, -0.2) is 4.79 Å². The molecule has 2 rings (SSSR count). The molecule has 0 bridgehead atoms. The lowest BCUT2D eigenvalue weighted by molar-refractivity contribution is -0.131. The summed E-state index contributed by atoms with van der Waals surface area (Å²) in [6, 6.07) is 15.3. The summed E-state index contributed by atoms with van der Waals surface area (Å²) < 4.78 is 0. The van der Waals surface area contributed by atoms with Gasteiger partial charge in [0.05, 0.1) is 0 Å². The maximum Gasteiger partial charge on any atom is 0.328 e. The van der Waals surface area contributed by atoms with Crippen molar-refractivity contribution in [1.29, 1.82) is 0 Å². The van der Waals surface area contributed by atoms with Gasteiger partial charge in [-0.1, -0.05) is 41.6 Å². The number of carbonyl (C=O) groups is 1. The number of aliphatic carboxylic acids is 1. The predicted octanol–water partition coefficient (Wildman–Crippen LogP) is 4.98. The Morgan fingerprint density at radius 2 is 1.80 bits per heavy atom. The van der Waals surface area contributed by atoms with Gasteiger partial charge in [0, 0.05) is 20.9 Å². The number of hydrogen-bond acceptors (Lipinski definition) is 2. The van der Waals surface area contributed by atoms with Gasteiger partial charge < -0.3 is 5.11 Å². The zero-order valence-corrected chi connectivity index (χ0v) is 12.4. The molecule has 0 atom stereocenters. The standard InChI is InChI=1S/C16H13ClO2S/c1-11(10-16(18)19)14-4-2-3-5-15(14)20-13-8-6-12(17)7-9-13/h2-10H,1H3,(H,18,19). The molecule has 20 heavy (non-hydrogen) atoms. The van der Waals surface area contributed by atoms with Crippen molar-refractivity contribution in [3.8, 4) is 0 Å². The first-order valence-electron chi connectivity index (χ1n) is 6.00. The molecule has 0 radical (unpaired) electrons. The van der Waals surface area contributed by atoms with Crippen molar-refractivity contribution in [3.63, 3.8) is 0 Å². The smallest absolute Gasteiger partial charge is 0.328 e. The number of rotatable bonds is 4. The Morgan fingerprint density at radius 1 is 1.15 bits per heavy atom. The van der Waals surface area contributed by atoms with E-state index >= 15 is 0 Å². The fourth-order valence-corrected chi connectivity index (χ4v) is 2.91. The van der Waals surface area contributed by atoms with Crippen LogP contribution in [0.1, 0.15) is 12.5 Å². The average Bonchev–Trinajstić information content (AvgIpc) is 2.41. The molecule has 0 aliphatic carbocycles. The predicted molar refractivity (Wildman–Crippen MR) is 83.3 cm³/mol. The van der Waals surface area contributed by atoms with E-state index in [1.54, 1.807) is 18.7 Å². The maximum absolute atomic E-state index is 10.8. The third-order valence-corrected chi connectivity index (χ3v) is 4.03. The Balaban J connectivity index is 2.33. The van der Waals surface area contributed by atoms with Crippen molar-refractivity contribution >= 4 is 34.9 Å². The molecule has 2 nitrogen and oxygen atoms in total. The van der Waals surface area contributed by atoms with Crippen LogP contribution in [0, 0.1) is 0 Å². The van der Waals surface area contributed by atoms with Gasteiger partial charge >= 0.3 is 5.97 Å². The summed E-state index contributed by atoms with van der Waals surface area (Å²) in [5.41, 5.74) is 1.66. The molecular weight excluding hydrogens is 292 g/mol. The van der Waals surface area contributed by atoms with Gasteiger partial charge in [-0.2, -0.15) is 0 Å². The van der Waals surface area contributed by atoms with E-state index in [4.69, 9.17) is 16.7 Å². The zero-order valence-electron chi connectivity index (χ0n) is 10.8. The van der Waals surface area contributed by atoms with Crippen LogP contribution in [0.25, 0.3) is 5.57 Å². The van der Waals surface area contributed by atoms with E-state index in [9.17, 15) is 4.79 Å². The molecule has 1 N–H and O–H groups in total. The molecule has 0 aliphatic rings. The molecule has 0 spiro atoms. The summed E-state index contributed by atoms with van der Waals surface area (Å²) in [6.45, 7) is 1.80. The largest absolute Gasteiger partial charge is 0.478 e. The molecule has 2 aromatic rings. The van der Waals surface area contributed by atoms with Gasteiger partial charge in [-0.15, -0.1) is 0 Å². The summed E-state index contributed by atoms with van der Waals surface area (Å²) >= 11 is 7.46. The number of carboxylic acids is 1. The third-order valence-electron chi connectivity index (χ3n) is 2.69. The van der Waals surface area contributed by atoms with Crippen LogP contribution in [0.5, 0.6) is 0 Å². The van der Waals surface area contributed by atoms with Crippen molar-refractivity contribution in [2.45, 2.75) is 16.7 Å². The van der Waals surface area contributed by atoms with Crippen LogP contribution in [0.4, 0.5) is 0 Å². The van der Waals surface area contributed by atoms with Crippen molar-refractivity contribution in [1.82, 2.24) is 0 Å². The first kappa shape index (κ1) is 14.7. The minimum Gasteiger partial charge on any atom is -0.478 e. The first-order chi connectivity index (χ1) is 9.56. The Hall–Kier alpha value is -1.71. The third kappa shape index (κ3) is 3.89. The van der Waals surface area contributed by atoms with E-state index < -0.39 is 5.97 Å². The van der Waals surface area contributed by atoms with Gasteiger partial charge in [0.15, 0.2) is 0 Å². The minimum atomic E-state index is -0.936. The number of halogens is 1.